The fourth-order valence-electron chi connectivity index (χ4n) is 3.13. The molecular formula is C23H16BrF3N4O5. The Morgan fingerprint density at radius 3 is 2.28 bits per heavy atom. The standard InChI is InChI=1S/C21H15BrN4O3.C2HF3O2/c1-11-14(8-9-15(23-11)12-4-2-5-13(22)10-12)20(27)24-16-6-3-7-17-18(16)19(21(28)29)26-25-17;3-2(4,5)1(6)7/h2-10H,1H3,(H,24,27)(H,25,26)(H,28,29);(H,6,7). The number of alkyl halides is 3. The molecule has 36 heavy (non-hydrogen) atoms. The average Bonchev–Trinajstić information content (AvgIpc) is 3.24. The molecule has 0 atom stereocenters. The molecule has 0 aliphatic heterocycles. The number of nitrogens with one attached hydrogen (secondary N) is 2. The van der Waals surface area contributed by atoms with E-state index in [9.17, 15) is 27.9 Å². The van der Waals surface area contributed by atoms with Crippen molar-refractivity contribution in [2.45, 2.75) is 13.1 Å². The highest BCUT2D eigenvalue weighted by molar-refractivity contribution is 9.10. The number of halogens is 4. The Kier molecular flexibility index (Phi) is 7.73. The van der Waals surface area contributed by atoms with Crippen molar-refractivity contribution in [1.82, 2.24) is 15.2 Å². The van der Waals surface area contributed by atoms with Crippen molar-refractivity contribution in [3.05, 3.63) is 76.0 Å². The van der Waals surface area contributed by atoms with Gasteiger partial charge in [-0.2, -0.15) is 18.3 Å². The quantitative estimate of drug-likeness (QED) is 0.264. The van der Waals surface area contributed by atoms with Gasteiger partial charge in [-0.15, -0.1) is 0 Å². The smallest absolute Gasteiger partial charge is 0.476 e. The molecule has 4 N–H and O–H groups in total. The number of carboxylic acids is 2. The van der Waals surface area contributed by atoms with Crippen molar-refractivity contribution in [2.24, 2.45) is 0 Å². The van der Waals surface area contributed by atoms with Gasteiger partial charge in [-0.3, -0.25) is 14.9 Å². The van der Waals surface area contributed by atoms with E-state index in [-0.39, 0.29) is 11.6 Å². The van der Waals surface area contributed by atoms with Crippen LogP contribution < -0.4 is 5.32 Å². The SMILES string of the molecule is Cc1nc(-c2cccc(Br)c2)ccc1C(=O)Nc1cccc2[nH]nc(C(=O)O)c12.O=C(O)C(F)(F)F. The molecule has 0 bridgehead atoms. The van der Waals surface area contributed by atoms with Crippen molar-refractivity contribution >= 4 is 50.4 Å². The molecule has 0 saturated heterocycles. The number of hydrogen-bond acceptors (Lipinski definition) is 5. The van der Waals surface area contributed by atoms with E-state index in [0.29, 0.717) is 27.8 Å². The first kappa shape index (κ1) is 26.3. The fraction of sp³-hybridized carbons (Fsp3) is 0.0870. The van der Waals surface area contributed by atoms with Crippen molar-refractivity contribution in [1.29, 1.82) is 0 Å². The Hall–Kier alpha value is -4.26. The molecule has 4 aromatic rings. The highest BCUT2D eigenvalue weighted by Crippen LogP contribution is 2.27. The molecule has 0 saturated carbocycles. The van der Waals surface area contributed by atoms with Crippen LogP contribution in [-0.2, 0) is 4.79 Å². The van der Waals surface area contributed by atoms with Crippen molar-refractivity contribution in [3.63, 3.8) is 0 Å². The minimum Gasteiger partial charge on any atom is -0.476 e. The fourth-order valence-corrected chi connectivity index (χ4v) is 3.53. The zero-order valence-electron chi connectivity index (χ0n) is 18.2. The molecule has 2 aromatic carbocycles. The van der Waals surface area contributed by atoms with E-state index in [2.05, 4.69) is 36.4 Å². The minimum atomic E-state index is -5.08. The zero-order chi connectivity index (χ0) is 26.6. The summed E-state index contributed by atoms with van der Waals surface area (Å²) in [7, 11) is 0. The molecule has 2 aromatic heterocycles. The maximum Gasteiger partial charge on any atom is 0.490 e. The van der Waals surface area contributed by atoms with Gasteiger partial charge in [0.2, 0.25) is 0 Å². The number of benzene rings is 2. The second-order valence-electron chi connectivity index (χ2n) is 7.20. The number of aromatic nitrogens is 3. The average molecular weight is 565 g/mol. The van der Waals surface area contributed by atoms with E-state index in [0.717, 1.165) is 15.7 Å². The lowest BCUT2D eigenvalue weighted by Crippen LogP contribution is -2.21. The molecule has 0 aliphatic rings. The predicted molar refractivity (Wildman–Crippen MR) is 127 cm³/mol. The Bertz CT molecular complexity index is 1470. The molecule has 2 heterocycles. The first-order valence-electron chi connectivity index (χ1n) is 9.94. The number of pyridine rings is 1. The van der Waals surface area contributed by atoms with Crippen LogP contribution in [-0.4, -0.2) is 49.4 Å². The number of hydrogen-bond donors (Lipinski definition) is 4. The van der Waals surface area contributed by atoms with Crippen LogP contribution in [0.1, 0.15) is 26.5 Å². The number of amides is 1. The third-order valence-electron chi connectivity index (χ3n) is 4.73. The van der Waals surface area contributed by atoms with E-state index < -0.39 is 18.1 Å². The molecule has 0 unspecified atom stereocenters. The van der Waals surface area contributed by atoms with Crippen LogP contribution in [0.2, 0.25) is 0 Å². The topological polar surface area (TPSA) is 145 Å². The number of carbonyl (C=O) groups is 3. The summed E-state index contributed by atoms with van der Waals surface area (Å²) in [5.74, 6) is -4.30. The van der Waals surface area contributed by atoms with E-state index in [1.165, 1.54) is 0 Å². The van der Waals surface area contributed by atoms with Crippen molar-refractivity contribution in [3.8, 4) is 11.3 Å². The van der Waals surface area contributed by atoms with Gasteiger partial charge in [0.1, 0.15) is 0 Å². The van der Waals surface area contributed by atoms with Gasteiger partial charge in [0, 0.05) is 10.0 Å². The van der Waals surface area contributed by atoms with Crippen LogP contribution in [0.15, 0.2) is 59.1 Å². The molecule has 0 fully saturated rings. The van der Waals surface area contributed by atoms with Crippen LogP contribution in [0.4, 0.5) is 18.9 Å². The lowest BCUT2D eigenvalue weighted by molar-refractivity contribution is -0.192. The molecular weight excluding hydrogens is 549 g/mol. The Morgan fingerprint density at radius 1 is 1.03 bits per heavy atom. The normalized spacial score (nSPS) is 10.9. The van der Waals surface area contributed by atoms with Crippen LogP contribution in [0.5, 0.6) is 0 Å². The lowest BCUT2D eigenvalue weighted by Gasteiger charge is -2.10. The predicted octanol–water partition coefficient (Wildman–Crippen LogP) is 5.28. The van der Waals surface area contributed by atoms with Gasteiger partial charge >= 0.3 is 18.1 Å². The Labute approximate surface area is 209 Å². The largest absolute Gasteiger partial charge is 0.490 e. The highest BCUT2D eigenvalue weighted by atomic mass is 79.9. The van der Waals surface area contributed by atoms with Crippen LogP contribution >= 0.6 is 15.9 Å². The second kappa shape index (κ2) is 10.6. The highest BCUT2D eigenvalue weighted by Gasteiger charge is 2.38. The maximum absolute atomic E-state index is 12.8. The summed E-state index contributed by atoms with van der Waals surface area (Å²) in [5, 5.41) is 26.1. The van der Waals surface area contributed by atoms with E-state index in [1.54, 1.807) is 37.3 Å². The first-order valence-corrected chi connectivity index (χ1v) is 10.7. The van der Waals surface area contributed by atoms with Gasteiger partial charge in [-0.25, -0.2) is 9.59 Å². The monoisotopic (exact) mass is 564 g/mol. The molecule has 4 rings (SSSR count). The van der Waals surface area contributed by atoms with Crippen LogP contribution in [0.3, 0.4) is 0 Å². The zero-order valence-corrected chi connectivity index (χ0v) is 19.8. The van der Waals surface area contributed by atoms with E-state index in [1.807, 2.05) is 24.3 Å². The number of rotatable bonds is 4. The van der Waals surface area contributed by atoms with Gasteiger partial charge in [-0.05, 0) is 43.3 Å². The summed E-state index contributed by atoms with van der Waals surface area (Å²) in [6, 6.07) is 16.3. The van der Waals surface area contributed by atoms with Crippen molar-refractivity contribution in [2.75, 3.05) is 5.32 Å². The number of aliphatic carboxylic acids is 1. The van der Waals surface area contributed by atoms with Gasteiger partial charge in [0.15, 0.2) is 5.69 Å². The third kappa shape index (κ3) is 6.05. The minimum absolute atomic E-state index is 0.143. The Morgan fingerprint density at radius 2 is 1.69 bits per heavy atom. The van der Waals surface area contributed by atoms with Gasteiger partial charge in [-0.1, -0.05) is 34.1 Å². The Balaban J connectivity index is 0.000000454. The molecule has 13 heteroatoms. The van der Waals surface area contributed by atoms with Gasteiger partial charge in [0.25, 0.3) is 5.91 Å². The molecule has 0 radical (unpaired) electrons. The summed E-state index contributed by atoms with van der Waals surface area (Å²) < 4.78 is 32.7. The number of nitrogens with zero attached hydrogens (tertiary/aromatic N) is 2. The summed E-state index contributed by atoms with van der Waals surface area (Å²) in [4.78, 5) is 37.7. The number of anilines is 1. The van der Waals surface area contributed by atoms with Gasteiger partial charge < -0.3 is 15.5 Å². The molecule has 9 nitrogen and oxygen atoms in total. The molecule has 1 amide bonds. The number of aryl methyl sites for hydroxylation is 1. The summed E-state index contributed by atoms with van der Waals surface area (Å²) in [6.07, 6.45) is -5.08. The molecule has 0 spiro atoms. The maximum atomic E-state index is 12.8. The third-order valence-corrected chi connectivity index (χ3v) is 5.23. The second-order valence-corrected chi connectivity index (χ2v) is 8.12. The number of aromatic carboxylic acids is 1. The van der Waals surface area contributed by atoms with Gasteiger partial charge in [0.05, 0.1) is 33.5 Å². The van der Waals surface area contributed by atoms with E-state index in [4.69, 9.17) is 9.90 Å². The van der Waals surface area contributed by atoms with E-state index >= 15 is 0 Å². The summed E-state index contributed by atoms with van der Waals surface area (Å²) in [6.45, 7) is 1.76. The number of H-pyrrole nitrogens is 1. The lowest BCUT2D eigenvalue weighted by atomic mass is 10.1. The van der Waals surface area contributed by atoms with Crippen LogP contribution in [0.25, 0.3) is 22.2 Å². The number of aromatic amines is 1. The number of carboxylic acid groups (broad SMARTS) is 2. The molecule has 0 aliphatic carbocycles. The summed E-state index contributed by atoms with van der Waals surface area (Å²) in [5.41, 5.74) is 3.41. The number of fused-ring (bicyclic) bond motifs is 1. The van der Waals surface area contributed by atoms with Crippen LogP contribution in [0, 0.1) is 6.92 Å². The first-order chi connectivity index (χ1) is 16.9. The summed E-state index contributed by atoms with van der Waals surface area (Å²) >= 11 is 3.44. The molecule has 186 valence electrons. The van der Waals surface area contributed by atoms with Crippen molar-refractivity contribution < 1.29 is 37.8 Å². The number of carbonyl (C=O) groups excluding carboxylic acids is 1.